The van der Waals surface area contributed by atoms with E-state index in [9.17, 15) is 0 Å². The molecular formula is C12H21ClN4S. The summed E-state index contributed by atoms with van der Waals surface area (Å²) in [4.78, 5) is 9.42. The largest absolute Gasteiger partial charge is 0.346 e. The number of alkyl halides is 1. The van der Waals surface area contributed by atoms with E-state index in [4.69, 9.17) is 11.6 Å². The molecule has 1 aromatic heterocycles. The monoisotopic (exact) mass is 288 g/mol. The normalized spacial score (nSPS) is 18.3. The van der Waals surface area contributed by atoms with E-state index < -0.39 is 0 Å². The highest BCUT2D eigenvalue weighted by Gasteiger charge is 2.18. The standard InChI is InChI=1S/C12H21ClN4S/c1-10(2)11-14-12(18-15-11)17-6-3-5-16(7-4-13)8-9-17/h10H,3-9H2,1-2H3. The second kappa shape index (κ2) is 6.68. The van der Waals surface area contributed by atoms with Crippen molar-refractivity contribution in [3.63, 3.8) is 0 Å². The van der Waals surface area contributed by atoms with Crippen LogP contribution < -0.4 is 4.90 Å². The quantitative estimate of drug-likeness (QED) is 0.797. The molecule has 0 N–H and O–H groups in total. The van der Waals surface area contributed by atoms with E-state index in [2.05, 4.69) is 33.0 Å². The zero-order chi connectivity index (χ0) is 13.0. The second-order valence-electron chi connectivity index (χ2n) is 4.96. The number of rotatable bonds is 4. The van der Waals surface area contributed by atoms with Crippen molar-refractivity contribution in [1.29, 1.82) is 0 Å². The summed E-state index contributed by atoms with van der Waals surface area (Å²) >= 11 is 7.33. The summed E-state index contributed by atoms with van der Waals surface area (Å²) in [5.41, 5.74) is 0. The Morgan fingerprint density at radius 2 is 2.11 bits per heavy atom. The van der Waals surface area contributed by atoms with Gasteiger partial charge in [0, 0.05) is 49.5 Å². The maximum absolute atomic E-state index is 5.80. The van der Waals surface area contributed by atoms with Crippen molar-refractivity contribution in [2.24, 2.45) is 0 Å². The molecular weight excluding hydrogens is 268 g/mol. The minimum atomic E-state index is 0.412. The van der Waals surface area contributed by atoms with Crippen molar-refractivity contribution in [3.8, 4) is 0 Å². The molecule has 2 rings (SSSR count). The van der Waals surface area contributed by atoms with Gasteiger partial charge in [0.15, 0.2) is 0 Å². The average Bonchev–Trinajstić information content (AvgIpc) is 2.72. The summed E-state index contributed by atoms with van der Waals surface area (Å²) in [5, 5.41) is 1.08. The summed E-state index contributed by atoms with van der Waals surface area (Å²) in [5.74, 6) is 2.10. The Hall–Kier alpha value is -0.390. The van der Waals surface area contributed by atoms with Crippen LogP contribution in [0.1, 0.15) is 32.0 Å². The Morgan fingerprint density at radius 1 is 1.28 bits per heavy atom. The highest BCUT2D eigenvalue weighted by molar-refractivity contribution is 7.09. The Morgan fingerprint density at radius 3 is 2.78 bits per heavy atom. The number of anilines is 1. The fourth-order valence-corrected chi connectivity index (χ4v) is 3.19. The van der Waals surface area contributed by atoms with Crippen LogP contribution in [0.15, 0.2) is 0 Å². The summed E-state index contributed by atoms with van der Waals surface area (Å²) in [6.45, 7) is 9.58. The minimum absolute atomic E-state index is 0.412. The van der Waals surface area contributed by atoms with Crippen LogP contribution in [0, 0.1) is 0 Å². The molecule has 6 heteroatoms. The van der Waals surface area contributed by atoms with E-state index in [1.807, 2.05) is 0 Å². The molecule has 0 spiro atoms. The first-order valence-electron chi connectivity index (χ1n) is 6.57. The highest BCUT2D eigenvalue weighted by atomic mass is 35.5. The fraction of sp³-hybridized carbons (Fsp3) is 0.833. The number of aromatic nitrogens is 2. The van der Waals surface area contributed by atoms with Gasteiger partial charge in [-0.3, -0.25) is 0 Å². The lowest BCUT2D eigenvalue weighted by Crippen LogP contribution is -2.31. The van der Waals surface area contributed by atoms with Crippen LogP contribution in [0.25, 0.3) is 0 Å². The predicted octanol–water partition coefficient (Wildman–Crippen LogP) is 2.41. The molecule has 1 aliphatic heterocycles. The molecule has 0 unspecified atom stereocenters. The minimum Gasteiger partial charge on any atom is -0.346 e. The van der Waals surface area contributed by atoms with Gasteiger partial charge in [-0.15, -0.1) is 11.6 Å². The van der Waals surface area contributed by atoms with Crippen LogP contribution in [0.5, 0.6) is 0 Å². The first-order chi connectivity index (χ1) is 8.70. The third-order valence-electron chi connectivity index (χ3n) is 3.21. The molecule has 4 nitrogen and oxygen atoms in total. The molecule has 1 aromatic rings. The van der Waals surface area contributed by atoms with Gasteiger partial charge in [0.1, 0.15) is 5.82 Å². The Kier molecular flexibility index (Phi) is 5.21. The maximum Gasteiger partial charge on any atom is 0.205 e. The zero-order valence-corrected chi connectivity index (χ0v) is 12.7. The fourth-order valence-electron chi connectivity index (χ4n) is 2.09. The molecule has 0 saturated carbocycles. The van der Waals surface area contributed by atoms with Crippen molar-refractivity contribution >= 4 is 28.3 Å². The van der Waals surface area contributed by atoms with Gasteiger partial charge >= 0.3 is 0 Å². The predicted molar refractivity (Wildman–Crippen MR) is 78.0 cm³/mol. The lowest BCUT2D eigenvalue weighted by Gasteiger charge is -2.20. The molecule has 18 heavy (non-hydrogen) atoms. The summed E-state index contributed by atoms with van der Waals surface area (Å²) < 4.78 is 4.43. The van der Waals surface area contributed by atoms with Crippen molar-refractivity contribution < 1.29 is 0 Å². The van der Waals surface area contributed by atoms with Crippen LogP contribution in [0.3, 0.4) is 0 Å². The van der Waals surface area contributed by atoms with Crippen molar-refractivity contribution in [2.75, 3.05) is 43.5 Å². The Labute approximate surface area is 118 Å². The Bertz CT molecular complexity index is 369. The number of halogens is 1. The molecule has 0 radical (unpaired) electrons. The van der Waals surface area contributed by atoms with E-state index in [1.165, 1.54) is 18.0 Å². The third-order valence-corrected chi connectivity index (χ3v) is 4.17. The second-order valence-corrected chi connectivity index (χ2v) is 6.07. The van der Waals surface area contributed by atoms with Crippen molar-refractivity contribution in [3.05, 3.63) is 5.82 Å². The first-order valence-corrected chi connectivity index (χ1v) is 7.88. The van der Waals surface area contributed by atoms with E-state index >= 15 is 0 Å². The molecule has 0 atom stereocenters. The number of hydrogen-bond donors (Lipinski definition) is 0. The van der Waals surface area contributed by atoms with Gasteiger partial charge in [-0.05, 0) is 13.0 Å². The van der Waals surface area contributed by atoms with Gasteiger partial charge in [-0.1, -0.05) is 13.8 Å². The third kappa shape index (κ3) is 3.56. The molecule has 2 heterocycles. The topological polar surface area (TPSA) is 32.3 Å². The van der Waals surface area contributed by atoms with Crippen LogP contribution in [-0.4, -0.2) is 52.9 Å². The Balaban J connectivity index is 1.96. The van der Waals surface area contributed by atoms with Gasteiger partial charge in [0.25, 0.3) is 0 Å². The van der Waals surface area contributed by atoms with Crippen LogP contribution in [0.2, 0.25) is 0 Å². The van der Waals surface area contributed by atoms with E-state index in [1.54, 1.807) is 0 Å². The van der Waals surface area contributed by atoms with Gasteiger partial charge < -0.3 is 9.80 Å². The zero-order valence-electron chi connectivity index (χ0n) is 11.1. The van der Waals surface area contributed by atoms with Crippen molar-refractivity contribution in [2.45, 2.75) is 26.2 Å². The van der Waals surface area contributed by atoms with Gasteiger partial charge in [-0.25, -0.2) is 4.98 Å². The molecule has 0 aromatic carbocycles. The molecule has 0 amide bonds. The number of nitrogens with zero attached hydrogens (tertiary/aromatic N) is 4. The number of hydrogen-bond acceptors (Lipinski definition) is 5. The SMILES string of the molecule is CC(C)c1nsc(N2CCCN(CCCl)CC2)n1. The molecule has 0 bridgehead atoms. The molecule has 1 aliphatic rings. The summed E-state index contributed by atoms with van der Waals surface area (Å²) in [6.07, 6.45) is 1.17. The maximum atomic E-state index is 5.80. The van der Waals surface area contributed by atoms with Crippen LogP contribution in [0.4, 0.5) is 5.13 Å². The molecule has 0 aliphatic carbocycles. The molecule has 1 saturated heterocycles. The van der Waals surface area contributed by atoms with Gasteiger partial charge in [0.2, 0.25) is 5.13 Å². The molecule has 102 valence electrons. The lowest BCUT2D eigenvalue weighted by molar-refractivity contribution is 0.311. The molecule has 1 fully saturated rings. The lowest BCUT2D eigenvalue weighted by atomic mass is 10.2. The summed E-state index contributed by atoms with van der Waals surface area (Å²) in [7, 11) is 0. The van der Waals surface area contributed by atoms with Gasteiger partial charge in [0.05, 0.1) is 0 Å². The van der Waals surface area contributed by atoms with Crippen LogP contribution >= 0.6 is 23.1 Å². The summed E-state index contributed by atoms with van der Waals surface area (Å²) in [6, 6.07) is 0. The average molecular weight is 289 g/mol. The van der Waals surface area contributed by atoms with E-state index in [-0.39, 0.29) is 0 Å². The first kappa shape index (κ1) is 14.0. The highest BCUT2D eigenvalue weighted by Crippen LogP contribution is 2.22. The van der Waals surface area contributed by atoms with Crippen LogP contribution in [-0.2, 0) is 0 Å². The smallest absolute Gasteiger partial charge is 0.205 e. The van der Waals surface area contributed by atoms with Gasteiger partial charge in [-0.2, -0.15) is 4.37 Å². The van der Waals surface area contributed by atoms with E-state index in [0.717, 1.165) is 49.6 Å². The van der Waals surface area contributed by atoms with Crippen molar-refractivity contribution in [1.82, 2.24) is 14.3 Å². The van der Waals surface area contributed by atoms with E-state index in [0.29, 0.717) is 5.92 Å².